The number of hydrogen-bond donors (Lipinski definition) is 2. The Morgan fingerprint density at radius 1 is 1.29 bits per heavy atom. The molecular formula is C24H31FN4O2. The number of carbonyl (C=O) groups is 1. The van der Waals surface area contributed by atoms with E-state index in [4.69, 9.17) is 4.74 Å². The summed E-state index contributed by atoms with van der Waals surface area (Å²) in [6.45, 7) is 3.73. The number of piperidine rings is 2. The number of carbonyl (C=O) groups excluding carboxylic acids is 1. The summed E-state index contributed by atoms with van der Waals surface area (Å²) in [5.41, 5.74) is 1.52. The number of nitrogens with zero attached hydrogens (tertiary/aromatic N) is 2. The molecular weight excluding hydrogens is 395 g/mol. The first-order valence-corrected chi connectivity index (χ1v) is 11.7. The molecule has 0 spiro atoms. The Kier molecular flexibility index (Phi) is 5.96. The second-order valence-electron chi connectivity index (χ2n) is 9.66. The molecule has 4 atom stereocenters. The predicted octanol–water partition coefficient (Wildman–Crippen LogP) is 2.10. The molecule has 4 aliphatic rings. The fourth-order valence-corrected chi connectivity index (χ4v) is 5.78. The van der Waals surface area contributed by atoms with E-state index in [1.54, 1.807) is 12.1 Å². The van der Waals surface area contributed by atoms with Crippen molar-refractivity contribution in [2.45, 2.75) is 68.6 Å². The molecule has 1 aromatic rings. The predicted molar refractivity (Wildman–Crippen MR) is 114 cm³/mol. The standard InChI is InChI=1S/C24H31FN4O2/c25-22-11-16(15-5-7-29(8-6-15)21-13-31-14-21)1-2-17(22)9-20(12-26)28-24(30)23-18-3-4-19(10-18)27-23/h1-2,11,15,18-21,23,27H,3-10,13-14H2,(H,28,30)/t18?,19?,20-,23?/m0/s1. The van der Waals surface area contributed by atoms with E-state index in [1.165, 1.54) is 0 Å². The maximum atomic E-state index is 14.9. The Morgan fingerprint density at radius 2 is 2.10 bits per heavy atom. The molecule has 166 valence electrons. The summed E-state index contributed by atoms with van der Waals surface area (Å²) < 4.78 is 20.2. The zero-order chi connectivity index (χ0) is 21.4. The monoisotopic (exact) mass is 426 g/mol. The molecule has 1 aromatic carbocycles. The van der Waals surface area contributed by atoms with Gasteiger partial charge in [0.1, 0.15) is 11.9 Å². The van der Waals surface area contributed by atoms with Crippen LogP contribution in [0.25, 0.3) is 0 Å². The van der Waals surface area contributed by atoms with Gasteiger partial charge in [0.2, 0.25) is 5.91 Å². The molecule has 0 radical (unpaired) electrons. The van der Waals surface area contributed by atoms with E-state index in [-0.39, 0.29) is 24.2 Å². The van der Waals surface area contributed by atoms with Gasteiger partial charge in [0.15, 0.2) is 0 Å². The summed E-state index contributed by atoms with van der Waals surface area (Å²) in [7, 11) is 0. The number of benzene rings is 1. The zero-order valence-electron chi connectivity index (χ0n) is 17.9. The molecule has 0 aromatic heterocycles. The van der Waals surface area contributed by atoms with Crippen molar-refractivity contribution < 1.29 is 13.9 Å². The van der Waals surface area contributed by atoms with Gasteiger partial charge in [-0.05, 0) is 74.2 Å². The van der Waals surface area contributed by atoms with Crippen LogP contribution < -0.4 is 10.6 Å². The summed E-state index contributed by atoms with van der Waals surface area (Å²) in [5.74, 6) is 0.332. The smallest absolute Gasteiger partial charge is 0.238 e. The second-order valence-corrected chi connectivity index (χ2v) is 9.66. The molecule has 3 unspecified atom stereocenters. The van der Waals surface area contributed by atoms with Crippen LogP contribution in [0.1, 0.15) is 49.1 Å². The van der Waals surface area contributed by atoms with Crippen molar-refractivity contribution in [3.63, 3.8) is 0 Å². The van der Waals surface area contributed by atoms with E-state index in [1.807, 2.05) is 6.07 Å². The van der Waals surface area contributed by atoms with Gasteiger partial charge in [0.05, 0.1) is 31.4 Å². The second kappa shape index (κ2) is 8.85. The Hall–Kier alpha value is -2.01. The number of nitrogens with one attached hydrogen (secondary N) is 2. The highest BCUT2D eigenvalue weighted by Crippen LogP contribution is 2.35. The first kappa shape index (κ1) is 20.9. The fourth-order valence-electron chi connectivity index (χ4n) is 5.78. The fraction of sp³-hybridized carbons (Fsp3) is 0.667. The van der Waals surface area contributed by atoms with Gasteiger partial charge in [0, 0.05) is 12.5 Å². The summed E-state index contributed by atoms with van der Waals surface area (Å²) in [6, 6.07) is 7.63. The van der Waals surface area contributed by atoms with Crippen molar-refractivity contribution in [1.29, 1.82) is 5.26 Å². The first-order valence-electron chi connectivity index (χ1n) is 11.7. The lowest BCUT2D eigenvalue weighted by molar-refractivity contribution is -0.124. The zero-order valence-corrected chi connectivity index (χ0v) is 17.9. The largest absolute Gasteiger partial charge is 0.378 e. The number of rotatable bonds is 6. The van der Waals surface area contributed by atoms with Crippen molar-refractivity contribution in [2.75, 3.05) is 26.3 Å². The summed E-state index contributed by atoms with van der Waals surface area (Å²) in [4.78, 5) is 15.1. The molecule has 3 aliphatic heterocycles. The van der Waals surface area contributed by atoms with Crippen LogP contribution in [0, 0.1) is 23.1 Å². The molecule has 2 N–H and O–H groups in total. The van der Waals surface area contributed by atoms with Gasteiger partial charge in [-0.1, -0.05) is 12.1 Å². The molecule has 1 aliphatic carbocycles. The van der Waals surface area contributed by atoms with Crippen LogP contribution in [0.5, 0.6) is 0 Å². The van der Waals surface area contributed by atoms with Gasteiger partial charge in [-0.3, -0.25) is 9.69 Å². The number of halogens is 1. The van der Waals surface area contributed by atoms with E-state index in [2.05, 4.69) is 21.6 Å². The van der Waals surface area contributed by atoms with Crippen LogP contribution in [0.2, 0.25) is 0 Å². The van der Waals surface area contributed by atoms with Crippen molar-refractivity contribution in [3.05, 3.63) is 35.1 Å². The molecule has 3 saturated heterocycles. The first-order chi connectivity index (χ1) is 15.1. The van der Waals surface area contributed by atoms with Crippen molar-refractivity contribution in [1.82, 2.24) is 15.5 Å². The lowest BCUT2D eigenvalue weighted by Gasteiger charge is -2.41. The van der Waals surface area contributed by atoms with Crippen LogP contribution in [0.3, 0.4) is 0 Å². The van der Waals surface area contributed by atoms with Crippen molar-refractivity contribution >= 4 is 5.91 Å². The highest BCUT2D eigenvalue weighted by atomic mass is 19.1. The molecule has 31 heavy (non-hydrogen) atoms. The number of hydrogen-bond acceptors (Lipinski definition) is 5. The van der Waals surface area contributed by atoms with Crippen LogP contribution in [-0.4, -0.2) is 61.3 Å². The quantitative estimate of drug-likeness (QED) is 0.729. The van der Waals surface area contributed by atoms with E-state index in [0.717, 1.165) is 64.0 Å². The van der Waals surface area contributed by atoms with Gasteiger partial charge < -0.3 is 15.4 Å². The van der Waals surface area contributed by atoms with Crippen LogP contribution in [0.4, 0.5) is 4.39 Å². The van der Waals surface area contributed by atoms with Gasteiger partial charge in [0.25, 0.3) is 0 Å². The Morgan fingerprint density at radius 3 is 2.68 bits per heavy atom. The number of ether oxygens (including phenoxy) is 1. The van der Waals surface area contributed by atoms with Gasteiger partial charge in [-0.2, -0.15) is 5.26 Å². The minimum Gasteiger partial charge on any atom is -0.378 e. The van der Waals surface area contributed by atoms with Crippen molar-refractivity contribution in [2.24, 2.45) is 5.92 Å². The minimum absolute atomic E-state index is 0.126. The SMILES string of the molecule is N#C[C@H](Cc1ccc(C2CCN(C3COC3)CC2)cc1F)NC(=O)C1NC2CCC1C2. The molecule has 6 nitrogen and oxygen atoms in total. The summed E-state index contributed by atoms with van der Waals surface area (Å²) in [6.07, 6.45) is 5.48. The molecule has 1 amide bonds. The highest BCUT2D eigenvalue weighted by Gasteiger charge is 2.43. The lowest BCUT2D eigenvalue weighted by Crippen LogP contribution is -2.51. The number of fused-ring (bicyclic) bond motifs is 2. The maximum absolute atomic E-state index is 14.9. The van der Waals surface area contributed by atoms with E-state index >= 15 is 0 Å². The molecule has 1 saturated carbocycles. The molecule has 7 heteroatoms. The Bertz CT molecular complexity index is 860. The molecule has 5 rings (SSSR count). The molecule has 4 fully saturated rings. The minimum atomic E-state index is -0.721. The van der Waals surface area contributed by atoms with Crippen LogP contribution in [-0.2, 0) is 16.0 Å². The maximum Gasteiger partial charge on any atom is 0.238 e. The third-order valence-corrected chi connectivity index (χ3v) is 7.75. The number of amides is 1. The average Bonchev–Trinajstić information content (AvgIpc) is 3.37. The lowest BCUT2D eigenvalue weighted by atomic mass is 9.87. The summed E-state index contributed by atoms with van der Waals surface area (Å²) >= 11 is 0. The topological polar surface area (TPSA) is 77.4 Å². The van der Waals surface area contributed by atoms with Crippen LogP contribution in [0.15, 0.2) is 18.2 Å². The van der Waals surface area contributed by atoms with Gasteiger partial charge in [-0.25, -0.2) is 4.39 Å². The van der Waals surface area contributed by atoms with E-state index in [9.17, 15) is 14.4 Å². The Labute approximate surface area is 183 Å². The highest BCUT2D eigenvalue weighted by molar-refractivity contribution is 5.83. The van der Waals surface area contributed by atoms with Gasteiger partial charge in [-0.15, -0.1) is 0 Å². The van der Waals surface area contributed by atoms with Gasteiger partial charge >= 0.3 is 0 Å². The number of nitriles is 1. The summed E-state index contributed by atoms with van der Waals surface area (Å²) in [5, 5.41) is 15.7. The molecule has 2 bridgehead atoms. The third-order valence-electron chi connectivity index (χ3n) is 7.75. The molecule has 3 heterocycles. The van der Waals surface area contributed by atoms with Crippen LogP contribution >= 0.6 is 0 Å². The average molecular weight is 427 g/mol. The van der Waals surface area contributed by atoms with E-state index in [0.29, 0.717) is 29.5 Å². The normalized spacial score (nSPS) is 30.0. The third kappa shape index (κ3) is 4.34. The van der Waals surface area contributed by atoms with Crippen molar-refractivity contribution in [3.8, 4) is 6.07 Å². The van der Waals surface area contributed by atoms with E-state index < -0.39 is 6.04 Å². The Balaban J connectivity index is 1.16. The number of likely N-dealkylation sites (tertiary alicyclic amines) is 1.